The lowest BCUT2D eigenvalue weighted by molar-refractivity contribution is 0.102. The second-order valence-electron chi connectivity index (χ2n) is 5.86. The van der Waals surface area contributed by atoms with Crippen LogP contribution in [0.15, 0.2) is 39.9 Å². The molecule has 1 amide bonds. The summed E-state index contributed by atoms with van der Waals surface area (Å²) >= 11 is 0. The third-order valence-corrected chi connectivity index (χ3v) is 3.98. The van der Waals surface area contributed by atoms with Crippen molar-refractivity contribution in [1.29, 1.82) is 0 Å². The van der Waals surface area contributed by atoms with Crippen LogP contribution in [0.5, 0.6) is 0 Å². The molecule has 3 rings (SSSR count). The summed E-state index contributed by atoms with van der Waals surface area (Å²) in [7, 11) is 0. The molecular formula is C18H17N3O3. The molecule has 3 aromatic rings. The number of fused-ring (bicyclic) bond motifs is 1. The van der Waals surface area contributed by atoms with E-state index >= 15 is 0 Å². The van der Waals surface area contributed by atoms with Gasteiger partial charge in [0.1, 0.15) is 0 Å². The Kier molecular flexibility index (Phi) is 3.81. The van der Waals surface area contributed by atoms with Crippen LogP contribution in [0.25, 0.3) is 10.8 Å². The second kappa shape index (κ2) is 5.81. The van der Waals surface area contributed by atoms with Crippen molar-refractivity contribution in [3.05, 3.63) is 73.3 Å². The molecule has 0 aliphatic rings. The molecule has 3 N–H and O–H groups in total. The van der Waals surface area contributed by atoms with Gasteiger partial charge < -0.3 is 5.32 Å². The van der Waals surface area contributed by atoms with Crippen LogP contribution < -0.4 is 16.4 Å². The Morgan fingerprint density at radius 3 is 2.25 bits per heavy atom. The lowest BCUT2D eigenvalue weighted by Crippen LogP contribution is -2.22. The zero-order valence-electron chi connectivity index (χ0n) is 13.6. The maximum atomic E-state index is 12.7. The number of aryl methyl sites for hydroxylation is 3. The highest BCUT2D eigenvalue weighted by molar-refractivity contribution is 6.10. The molecule has 0 unspecified atom stereocenters. The predicted molar refractivity (Wildman–Crippen MR) is 93.8 cm³/mol. The third-order valence-electron chi connectivity index (χ3n) is 3.98. The van der Waals surface area contributed by atoms with Crippen molar-refractivity contribution in [2.75, 3.05) is 5.32 Å². The monoisotopic (exact) mass is 323 g/mol. The quantitative estimate of drug-likeness (QED) is 0.676. The van der Waals surface area contributed by atoms with Crippen LogP contribution >= 0.6 is 0 Å². The number of carbonyl (C=O) groups is 1. The van der Waals surface area contributed by atoms with E-state index in [9.17, 15) is 14.4 Å². The van der Waals surface area contributed by atoms with E-state index in [2.05, 4.69) is 15.5 Å². The van der Waals surface area contributed by atoms with Gasteiger partial charge in [0.25, 0.3) is 17.0 Å². The minimum absolute atomic E-state index is 0.164. The summed E-state index contributed by atoms with van der Waals surface area (Å²) in [4.78, 5) is 36.6. The van der Waals surface area contributed by atoms with Crippen LogP contribution in [0, 0.1) is 20.8 Å². The first-order valence-corrected chi connectivity index (χ1v) is 7.51. The van der Waals surface area contributed by atoms with Crippen molar-refractivity contribution in [2.24, 2.45) is 0 Å². The lowest BCUT2D eigenvalue weighted by Gasteiger charge is -2.12. The molecule has 0 saturated heterocycles. The highest BCUT2D eigenvalue weighted by Gasteiger charge is 2.16. The van der Waals surface area contributed by atoms with E-state index in [1.165, 1.54) is 0 Å². The number of nitrogens with one attached hydrogen (secondary N) is 3. The van der Waals surface area contributed by atoms with Gasteiger partial charge in [-0.1, -0.05) is 23.8 Å². The number of hydrogen-bond acceptors (Lipinski definition) is 3. The molecule has 1 aromatic heterocycles. The number of benzene rings is 2. The molecule has 0 bridgehead atoms. The van der Waals surface area contributed by atoms with Crippen molar-refractivity contribution in [1.82, 2.24) is 10.2 Å². The highest BCUT2D eigenvalue weighted by Crippen LogP contribution is 2.21. The standard InChI is InChI=1S/C18H17N3O3/c1-9-7-10(2)14(11(3)8-9)17(23)19-13-6-4-5-12-15(13)18(24)21-20-16(12)22/h4-8H,1-3H3,(H,19,23)(H,20,22)(H,21,24). The topological polar surface area (TPSA) is 94.8 Å². The third kappa shape index (κ3) is 2.62. The first-order valence-electron chi connectivity index (χ1n) is 7.51. The Labute approximate surface area is 137 Å². The summed E-state index contributed by atoms with van der Waals surface area (Å²) in [6.45, 7) is 5.71. The molecule has 0 fully saturated rings. The number of aromatic amines is 2. The smallest absolute Gasteiger partial charge is 0.272 e. The minimum Gasteiger partial charge on any atom is -0.321 e. The zero-order valence-corrected chi connectivity index (χ0v) is 13.6. The van der Waals surface area contributed by atoms with Crippen LogP contribution in [-0.4, -0.2) is 16.1 Å². The van der Waals surface area contributed by atoms with E-state index in [1.54, 1.807) is 18.2 Å². The Hall–Kier alpha value is -3.15. The molecule has 0 spiro atoms. The van der Waals surface area contributed by atoms with Gasteiger partial charge in [0.05, 0.1) is 16.5 Å². The van der Waals surface area contributed by atoms with Gasteiger partial charge in [0, 0.05) is 5.56 Å². The average molecular weight is 323 g/mol. The number of carbonyl (C=O) groups excluding carboxylic acids is 1. The van der Waals surface area contributed by atoms with E-state index in [0.717, 1.165) is 16.7 Å². The van der Waals surface area contributed by atoms with E-state index < -0.39 is 11.1 Å². The van der Waals surface area contributed by atoms with Crippen LogP contribution in [-0.2, 0) is 0 Å². The Morgan fingerprint density at radius 1 is 0.958 bits per heavy atom. The van der Waals surface area contributed by atoms with Crippen LogP contribution in [0.3, 0.4) is 0 Å². The summed E-state index contributed by atoms with van der Waals surface area (Å²) < 4.78 is 0. The molecule has 1 heterocycles. The molecule has 122 valence electrons. The number of aromatic nitrogens is 2. The van der Waals surface area contributed by atoms with Crippen molar-refractivity contribution < 1.29 is 4.79 Å². The van der Waals surface area contributed by atoms with Gasteiger partial charge in [-0.05, 0) is 44.0 Å². The second-order valence-corrected chi connectivity index (χ2v) is 5.86. The average Bonchev–Trinajstić information content (AvgIpc) is 2.50. The molecule has 6 heteroatoms. The van der Waals surface area contributed by atoms with Crippen molar-refractivity contribution >= 4 is 22.4 Å². The van der Waals surface area contributed by atoms with Gasteiger partial charge in [0.15, 0.2) is 0 Å². The van der Waals surface area contributed by atoms with Crippen LogP contribution in [0.1, 0.15) is 27.0 Å². The van der Waals surface area contributed by atoms with E-state index in [1.807, 2.05) is 32.9 Å². The van der Waals surface area contributed by atoms with Crippen LogP contribution in [0.2, 0.25) is 0 Å². The van der Waals surface area contributed by atoms with Crippen LogP contribution in [0.4, 0.5) is 5.69 Å². The maximum absolute atomic E-state index is 12.7. The fourth-order valence-electron chi connectivity index (χ4n) is 3.06. The Balaban J connectivity index is 2.12. The SMILES string of the molecule is Cc1cc(C)c(C(=O)Nc2cccc3c(=O)[nH][nH]c(=O)c23)c(C)c1. The maximum Gasteiger partial charge on any atom is 0.272 e. The molecule has 24 heavy (non-hydrogen) atoms. The summed E-state index contributed by atoms with van der Waals surface area (Å²) in [6, 6.07) is 8.64. The molecule has 0 radical (unpaired) electrons. The van der Waals surface area contributed by atoms with Gasteiger partial charge in [-0.25, -0.2) is 0 Å². The van der Waals surface area contributed by atoms with E-state index in [-0.39, 0.29) is 16.7 Å². The fraction of sp³-hybridized carbons (Fsp3) is 0.167. The number of hydrogen-bond donors (Lipinski definition) is 3. The van der Waals surface area contributed by atoms with Gasteiger partial charge in [0.2, 0.25) is 0 Å². The summed E-state index contributed by atoms with van der Waals surface area (Å²) in [5.74, 6) is -0.308. The van der Waals surface area contributed by atoms with E-state index in [4.69, 9.17) is 0 Å². The Morgan fingerprint density at radius 2 is 1.58 bits per heavy atom. The van der Waals surface area contributed by atoms with Gasteiger partial charge in [-0.15, -0.1) is 0 Å². The molecule has 0 aliphatic carbocycles. The molecule has 0 aliphatic heterocycles. The Bertz CT molecular complexity index is 1050. The molecule has 2 aromatic carbocycles. The normalized spacial score (nSPS) is 10.8. The first kappa shape index (κ1) is 15.7. The zero-order chi connectivity index (χ0) is 17.4. The van der Waals surface area contributed by atoms with Gasteiger partial charge >= 0.3 is 0 Å². The molecule has 0 saturated carbocycles. The number of anilines is 1. The largest absolute Gasteiger partial charge is 0.321 e. The molecular weight excluding hydrogens is 306 g/mol. The number of amides is 1. The fourth-order valence-corrected chi connectivity index (χ4v) is 3.06. The van der Waals surface area contributed by atoms with E-state index in [0.29, 0.717) is 11.3 Å². The first-order chi connectivity index (χ1) is 11.4. The van der Waals surface area contributed by atoms with Gasteiger partial charge in [-0.3, -0.25) is 24.6 Å². The lowest BCUT2D eigenvalue weighted by atomic mass is 9.99. The van der Waals surface area contributed by atoms with Crippen molar-refractivity contribution in [2.45, 2.75) is 20.8 Å². The molecule has 0 atom stereocenters. The van der Waals surface area contributed by atoms with Gasteiger partial charge in [-0.2, -0.15) is 0 Å². The van der Waals surface area contributed by atoms with Crippen molar-refractivity contribution in [3.63, 3.8) is 0 Å². The van der Waals surface area contributed by atoms with Crippen molar-refractivity contribution in [3.8, 4) is 0 Å². The number of H-pyrrole nitrogens is 2. The predicted octanol–water partition coefficient (Wildman–Crippen LogP) is 2.39. The highest BCUT2D eigenvalue weighted by atomic mass is 16.2. The molecule has 6 nitrogen and oxygen atoms in total. The summed E-state index contributed by atoms with van der Waals surface area (Å²) in [5.41, 5.74) is 2.80. The number of rotatable bonds is 2. The minimum atomic E-state index is -0.460. The summed E-state index contributed by atoms with van der Waals surface area (Å²) in [5, 5.41) is 7.71. The summed E-state index contributed by atoms with van der Waals surface area (Å²) in [6.07, 6.45) is 0.